The van der Waals surface area contributed by atoms with Gasteiger partial charge in [-0.1, -0.05) is 72.8 Å². The fourth-order valence-corrected chi connectivity index (χ4v) is 6.84. The number of rotatable bonds is 10. The van der Waals surface area contributed by atoms with E-state index < -0.39 is 0 Å². The Labute approximate surface area is 282 Å². The lowest BCUT2D eigenvalue weighted by atomic mass is 10.0. The second kappa shape index (κ2) is 14.1. The number of carbonyl (C=O) groups excluding carboxylic acids is 1. The number of benzene rings is 5. The number of amides is 1. The van der Waals surface area contributed by atoms with Crippen LogP contribution in [0.4, 0.5) is 11.4 Å². The number of hydrogen-bond acceptors (Lipinski definition) is 5. The molecule has 1 saturated heterocycles. The van der Waals surface area contributed by atoms with Gasteiger partial charge in [0.05, 0.1) is 35.8 Å². The van der Waals surface area contributed by atoms with Crippen LogP contribution in [0.5, 0.6) is 0 Å². The van der Waals surface area contributed by atoms with E-state index in [0.717, 1.165) is 78.0 Å². The molecule has 6 aromatic rings. The predicted octanol–water partition coefficient (Wildman–Crippen LogP) is 7.49. The lowest BCUT2D eigenvalue weighted by molar-refractivity contribution is -0.120. The van der Waals surface area contributed by atoms with E-state index >= 15 is 0 Å². The summed E-state index contributed by atoms with van der Waals surface area (Å²) in [5.74, 6) is 1.08. The van der Waals surface area contributed by atoms with E-state index in [0.29, 0.717) is 24.7 Å². The Bertz CT molecular complexity index is 2070. The quantitative estimate of drug-likeness (QED) is 0.169. The van der Waals surface area contributed by atoms with Crippen molar-refractivity contribution in [2.45, 2.75) is 38.3 Å². The van der Waals surface area contributed by atoms with Crippen molar-refractivity contribution in [2.24, 2.45) is 7.05 Å². The molecule has 1 aliphatic heterocycles. The van der Waals surface area contributed by atoms with E-state index in [9.17, 15) is 4.79 Å². The maximum absolute atomic E-state index is 14.3. The summed E-state index contributed by atoms with van der Waals surface area (Å²) in [4.78, 5) is 23.5. The summed E-state index contributed by atoms with van der Waals surface area (Å²) in [5.41, 5.74) is 6.90. The van der Waals surface area contributed by atoms with Gasteiger partial charge in [0.25, 0.3) is 0 Å². The van der Waals surface area contributed by atoms with E-state index in [-0.39, 0.29) is 5.91 Å². The summed E-state index contributed by atoms with van der Waals surface area (Å²) >= 11 is 0. The van der Waals surface area contributed by atoms with Gasteiger partial charge < -0.3 is 14.8 Å². The predicted molar refractivity (Wildman–Crippen MR) is 194 cm³/mol. The Morgan fingerprint density at radius 2 is 1.65 bits per heavy atom. The molecule has 1 aliphatic rings. The molecule has 0 bridgehead atoms. The second-order valence-electron chi connectivity index (χ2n) is 12.7. The van der Waals surface area contributed by atoms with Gasteiger partial charge >= 0.3 is 0 Å². The van der Waals surface area contributed by atoms with Crippen LogP contribution >= 0.6 is 0 Å². The molecule has 0 radical (unpaired) electrons. The number of likely N-dealkylation sites (tertiary alicyclic amines) is 1. The fourth-order valence-electron chi connectivity index (χ4n) is 6.84. The van der Waals surface area contributed by atoms with E-state index in [1.54, 1.807) is 0 Å². The zero-order valence-corrected chi connectivity index (χ0v) is 27.3. The van der Waals surface area contributed by atoms with Gasteiger partial charge in [0.1, 0.15) is 5.82 Å². The Morgan fingerprint density at radius 1 is 0.896 bits per heavy atom. The molecule has 48 heavy (non-hydrogen) atoms. The number of piperidine rings is 1. The Balaban J connectivity index is 1.11. The maximum Gasteiger partial charge on any atom is 0.241 e. The molecule has 7 rings (SSSR count). The molecule has 0 saturated carbocycles. The summed E-state index contributed by atoms with van der Waals surface area (Å²) in [6.07, 6.45) is 3.60. The van der Waals surface area contributed by atoms with Crippen molar-refractivity contribution in [3.63, 3.8) is 0 Å². The molecule has 1 aromatic heterocycles. The third-order valence-electron chi connectivity index (χ3n) is 9.59. The SMILES string of the molecule is Cn1c(CCc2ccc(C#N)cc2)nc2cc(N(Cc3cccc4ccccc34)C(=O)CN3CCC(Nc4ccccc4)CC3)ccc21. The standard InChI is InChI=1S/C41H40N6O/c1-45-39-20-19-36(26-38(39)44-40(45)21-18-30-14-16-31(27-42)17-15-30)47(28-33-10-7-9-32-8-5-6-13-37(32)33)41(48)29-46-24-22-35(23-25-46)43-34-11-3-2-4-12-34/h2-17,19-20,26,35,43H,18,21-25,28-29H2,1H3. The molecule has 5 aromatic carbocycles. The van der Waals surface area contributed by atoms with Crippen molar-refractivity contribution >= 4 is 39.1 Å². The molecule has 1 fully saturated rings. The third kappa shape index (κ3) is 6.95. The number of aryl methyl sites for hydroxylation is 3. The second-order valence-corrected chi connectivity index (χ2v) is 12.7. The molecular weight excluding hydrogens is 592 g/mol. The smallest absolute Gasteiger partial charge is 0.241 e. The minimum Gasteiger partial charge on any atom is -0.382 e. The van der Waals surface area contributed by atoms with E-state index in [4.69, 9.17) is 10.2 Å². The monoisotopic (exact) mass is 632 g/mol. The number of hydrogen-bond donors (Lipinski definition) is 1. The maximum atomic E-state index is 14.3. The summed E-state index contributed by atoms with van der Waals surface area (Å²) in [5, 5.41) is 15.1. The van der Waals surface area contributed by atoms with Crippen LogP contribution in [0.2, 0.25) is 0 Å². The minimum atomic E-state index is 0.0914. The number of imidazole rings is 1. The zero-order chi connectivity index (χ0) is 32.9. The average molecular weight is 633 g/mol. The molecule has 2 heterocycles. The van der Waals surface area contributed by atoms with Crippen molar-refractivity contribution in [2.75, 3.05) is 29.9 Å². The number of para-hydroxylation sites is 1. The number of carbonyl (C=O) groups is 1. The molecule has 0 unspecified atom stereocenters. The molecule has 240 valence electrons. The number of anilines is 2. The Hall–Kier alpha value is -5.45. The first-order valence-corrected chi connectivity index (χ1v) is 16.8. The first kappa shape index (κ1) is 31.2. The number of nitrogens with one attached hydrogen (secondary N) is 1. The highest BCUT2D eigenvalue weighted by Crippen LogP contribution is 2.28. The largest absolute Gasteiger partial charge is 0.382 e. The van der Waals surface area contributed by atoms with Gasteiger partial charge in [0.2, 0.25) is 5.91 Å². The van der Waals surface area contributed by atoms with Crippen molar-refractivity contribution in [3.8, 4) is 6.07 Å². The number of aromatic nitrogens is 2. The van der Waals surface area contributed by atoms with Crippen LogP contribution in [0, 0.1) is 11.3 Å². The minimum absolute atomic E-state index is 0.0914. The molecule has 0 atom stereocenters. The molecule has 0 spiro atoms. The topological polar surface area (TPSA) is 77.2 Å². The van der Waals surface area contributed by atoms with Gasteiger partial charge in [-0.2, -0.15) is 5.26 Å². The highest BCUT2D eigenvalue weighted by Gasteiger charge is 2.25. The summed E-state index contributed by atoms with van der Waals surface area (Å²) < 4.78 is 2.15. The van der Waals surface area contributed by atoms with Crippen molar-refractivity contribution in [1.29, 1.82) is 5.26 Å². The highest BCUT2D eigenvalue weighted by molar-refractivity contribution is 5.97. The number of fused-ring (bicyclic) bond motifs is 2. The summed E-state index contributed by atoms with van der Waals surface area (Å²) in [6.45, 7) is 2.61. The van der Waals surface area contributed by atoms with E-state index in [1.165, 1.54) is 10.9 Å². The fraction of sp³-hybridized carbons (Fsp3) is 0.244. The first-order chi connectivity index (χ1) is 23.5. The van der Waals surface area contributed by atoms with Gasteiger partial charge in [-0.3, -0.25) is 9.69 Å². The first-order valence-electron chi connectivity index (χ1n) is 16.8. The molecule has 1 amide bonds. The van der Waals surface area contributed by atoms with Gasteiger partial charge in [-0.25, -0.2) is 4.98 Å². The molecule has 0 aliphatic carbocycles. The van der Waals surface area contributed by atoms with Gasteiger partial charge in [-0.15, -0.1) is 0 Å². The Morgan fingerprint density at radius 3 is 2.44 bits per heavy atom. The lowest BCUT2D eigenvalue weighted by Gasteiger charge is -2.34. The van der Waals surface area contributed by atoms with E-state index in [1.807, 2.05) is 35.2 Å². The van der Waals surface area contributed by atoms with Gasteiger partial charge in [-0.05, 0) is 83.6 Å². The van der Waals surface area contributed by atoms with Gasteiger partial charge in [0.15, 0.2) is 0 Å². The number of nitrogens with zero attached hydrogens (tertiary/aromatic N) is 5. The van der Waals surface area contributed by atoms with Crippen molar-refractivity contribution in [1.82, 2.24) is 14.5 Å². The van der Waals surface area contributed by atoms with Crippen LogP contribution in [-0.4, -0.2) is 46.0 Å². The van der Waals surface area contributed by atoms with Gasteiger partial charge in [0, 0.05) is 44.0 Å². The Kier molecular flexibility index (Phi) is 9.17. The van der Waals surface area contributed by atoms with Crippen LogP contribution in [0.15, 0.2) is 115 Å². The lowest BCUT2D eigenvalue weighted by Crippen LogP contribution is -2.45. The van der Waals surface area contributed by atoms with Crippen molar-refractivity contribution < 1.29 is 4.79 Å². The van der Waals surface area contributed by atoms with Crippen LogP contribution in [0.25, 0.3) is 21.8 Å². The molecule has 7 nitrogen and oxygen atoms in total. The summed E-state index contributed by atoms with van der Waals surface area (Å²) in [7, 11) is 2.05. The van der Waals surface area contributed by atoms with Crippen LogP contribution in [0.3, 0.4) is 0 Å². The number of nitriles is 1. The average Bonchev–Trinajstić information content (AvgIpc) is 3.45. The molecule has 7 heteroatoms. The zero-order valence-electron chi connectivity index (χ0n) is 27.3. The normalized spacial score (nSPS) is 13.8. The van der Waals surface area contributed by atoms with E-state index in [2.05, 4.69) is 113 Å². The van der Waals surface area contributed by atoms with Crippen LogP contribution in [0.1, 0.15) is 35.4 Å². The van der Waals surface area contributed by atoms with Crippen molar-refractivity contribution in [3.05, 3.63) is 138 Å². The van der Waals surface area contributed by atoms with Crippen LogP contribution in [-0.2, 0) is 31.2 Å². The highest BCUT2D eigenvalue weighted by atomic mass is 16.2. The third-order valence-corrected chi connectivity index (χ3v) is 9.59. The molecule has 1 N–H and O–H groups in total. The molecular formula is C41H40N6O. The van der Waals surface area contributed by atoms with Crippen LogP contribution < -0.4 is 10.2 Å². The summed E-state index contributed by atoms with van der Waals surface area (Å²) in [6, 6.07) is 41.6.